The molecule has 0 atom stereocenters. The van der Waals surface area contributed by atoms with Gasteiger partial charge in [0, 0.05) is 29.9 Å². The smallest absolute Gasteiger partial charge is 0.243 e. The van der Waals surface area contributed by atoms with Crippen LogP contribution in [0.15, 0.2) is 77.7 Å². The molecule has 4 aromatic rings. The minimum absolute atomic E-state index is 0.0746. The molecule has 0 bridgehead atoms. The summed E-state index contributed by atoms with van der Waals surface area (Å²) in [4.78, 5) is 17.7. The summed E-state index contributed by atoms with van der Waals surface area (Å²) in [7, 11) is -3.59. The van der Waals surface area contributed by atoms with E-state index in [1.165, 1.54) is 10.4 Å². The minimum atomic E-state index is -3.59. The fourth-order valence-corrected chi connectivity index (χ4v) is 6.70. The van der Waals surface area contributed by atoms with Crippen molar-refractivity contribution in [2.24, 2.45) is 5.92 Å². The third kappa shape index (κ3) is 5.15. The summed E-state index contributed by atoms with van der Waals surface area (Å²) in [6.07, 6.45) is 1.72. The van der Waals surface area contributed by atoms with Crippen LogP contribution in [0.5, 0.6) is 0 Å². The molecule has 1 aliphatic rings. The number of Topliss-reactive ketones (excluding diaryl/α,β-unsaturated/α-hetero) is 1. The Balaban J connectivity index is 1.24. The van der Waals surface area contributed by atoms with Crippen LogP contribution >= 0.6 is 11.3 Å². The minimum Gasteiger partial charge on any atom is -0.378 e. The molecule has 3 aromatic carbocycles. The van der Waals surface area contributed by atoms with Crippen molar-refractivity contribution in [2.45, 2.75) is 24.7 Å². The number of hydrogen-bond donors (Lipinski definition) is 1. The van der Waals surface area contributed by atoms with Gasteiger partial charge in [0.05, 0.1) is 21.7 Å². The van der Waals surface area contributed by atoms with Gasteiger partial charge in [-0.05, 0) is 67.3 Å². The molecular weight excluding hydrogens is 478 g/mol. The predicted octanol–water partition coefficient (Wildman–Crippen LogP) is 5.68. The van der Waals surface area contributed by atoms with Crippen molar-refractivity contribution < 1.29 is 13.2 Å². The summed E-state index contributed by atoms with van der Waals surface area (Å²) in [5.74, 6) is 0.375. The van der Waals surface area contributed by atoms with Gasteiger partial charge in [0.15, 0.2) is 5.78 Å². The lowest BCUT2D eigenvalue weighted by molar-refractivity contribution is 0.101. The van der Waals surface area contributed by atoms with E-state index < -0.39 is 10.0 Å². The number of benzene rings is 3. The monoisotopic (exact) mass is 505 g/mol. The quantitative estimate of drug-likeness (QED) is 0.327. The van der Waals surface area contributed by atoms with Gasteiger partial charge < -0.3 is 5.32 Å². The number of fused-ring (bicyclic) bond motifs is 1. The van der Waals surface area contributed by atoms with E-state index in [-0.39, 0.29) is 17.2 Å². The summed E-state index contributed by atoms with van der Waals surface area (Å²) in [5.41, 5.74) is 3.21. The molecule has 0 aliphatic carbocycles. The Morgan fingerprint density at radius 3 is 2.51 bits per heavy atom. The first-order valence-corrected chi connectivity index (χ1v) is 14.0. The lowest BCUT2D eigenvalue weighted by atomic mass is 10.0. The third-order valence-corrected chi connectivity index (χ3v) is 9.40. The van der Waals surface area contributed by atoms with Crippen molar-refractivity contribution in [3.8, 4) is 10.6 Å². The van der Waals surface area contributed by atoms with E-state index in [0.717, 1.165) is 39.3 Å². The first-order chi connectivity index (χ1) is 16.9. The van der Waals surface area contributed by atoms with E-state index in [2.05, 4.69) is 23.3 Å². The van der Waals surface area contributed by atoms with Crippen molar-refractivity contribution in [2.75, 3.05) is 25.0 Å². The molecule has 180 valence electrons. The molecular formula is C27H27N3O3S2. The highest BCUT2D eigenvalue weighted by Gasteiger charge is 2.28. The lowest BCUT2D eigenvalue weighted by Gasteiger charge is -2.29. The molecule has 0 spiro atoms. The normalized spacial score (nSPS) is 15.3. The van der Waals surface area contributed by atoms with E-state index in [4.69, 9.17) is 0 Å². The second-order valence-corrected chi connectivity index (χ2v) is 11.9. The van der Waals surface area contributed by atoms with Gasteiger partial charge in [-0.2, -0.15) is 4.31 Å². The molecule has 1 N–H and O–H groups in total. The molecule has 0 unspecified atom stereocenters. The Morgan fingerprint density at radius 2 is 1.77 bits per heavy atom. The van der Waals surface area contributed by atoms with Crippen molar-refractivity contribution >= 4 is 43.0 Å². The molecule has 2 heterocycles. The predicted molar refractivity (Wildman–Crippen MR) is 141 cm³/mol. The third-order valence-electron chi connectivity index (χ3n) is 6.42. The van der Waals surface area contributed by atoms with Gasteiger partial charge in [-0.15, -0.1) is 11.3 Å². The molecule has 1 fully saturated rings. The Hall–Kier alpha value is -3.07. The molecule has 1 saturated heterocycles. The van der Waals surface area contributed by atoms with Gasteiger partial charge in [0.2, 0.25) is 10.0 Å². The van der Waals surface area contributed by atoms with Crippen LogP contribution in [0.1, 0.15) is 30.1 Å². The van der Waals surface area contributed by atoms with Crippen molar-refractivity contribution in [3.63, 3.8) is 0 Å². The van der Waals surface area contributed by atoms with Crippen LogP contribution in [0.2, 0.25) is 0 Å². The van der Waals surface area contributed by atoms with Crippen LogP contribution < -0.4 is 5.32 Å². The zero-order chi connectivity index (χ0) is 24.4. The summed E-state index contributed by atoms with van der Waals surface area (Å²) in [6, 6.07) is 22.2. The number of sulfonamides is 1. The van der Waals surface area contributed by atoms with Gasteiger partial charge in [-0.1, -0.05) is 31.2 Å². The summed E-state index contributed by atoms with van der Waals surface area (Å²) in [5, 5.41) is 4.10. The molecule has 0 saturated carbocycles. The number of aromatic nitrogens is 1. The molecule has 6 nitrogen and oxygen atoms in total. The Labute approximate surface area is 209 Å². The van der Waals surface area contributed by atoms with Gasteiger partial charge >= 0.3 is 0 Å². The second kappa shape index (κ2) is 9.89. The van der Waals surface area contributed by atoms with E-state index in [9.17, 15) is 13.2 Å². The lowest BCUT2D eigenvalue weighted by Crippen LogP contribution is -2.37. The molecule has 35 heavy (non-hydrogen) atoms. The average molecular weight is 506 g/mol. The maximum atomic E-state index is 13.0. The highest BCUT2D eigenvalue weighted by atomic mass is 32.2. The SMILES string of the molecule is CC1CCN(S(=O)(=O)c2cccc(C(=O)CNc3ccc(-c4nc5ccccc5s4)cc3)c2)CC1. The van der Waals surface area contributed by atoms with Crippen LogP contribution in [0.25, 0.3) is 20.8 Å². The highest BCUT2D eigenvalue weighted by molar-refractivity contribution is 7.89. The van der Waals surface area contributed by atoms with Gasteiger partial charge in [0.25, 0.3) is 0 Å². The topological polar surface area (TPSA) is 79.4 Å². The Kier molecular flexibility index (Phi) is 6.69. The zero-order valence-electron chi connectivity index (χ0n) is 19.5. The van der Waals surface area contributed by atoms with E-state index in [1.54, 1.807) is 29.5 Å². The average Bonchev–Trinajstić information content (AvgIpc) is 3.32. The van der Waals surface area contributed by atoms with E-state index in [0.29, 0.717) is 24.6 Å². The zero-order valence-corrected chi connectivity index (χ0v) is 21.1. The molecule has 0 radical (unpaired) electrons. The number of anilines is 1. The summed E-state index contributed by atoms with van der Waals surface area (Å²) in [6.45, 7) is 3.27. The number of carbonyl (C=O) groups excluding carboxylic acids is 1. The summed E-state index contributed by atoms with van der Waals surface area (Å²) >= 11 is 1.65. The maximum absolute atomic E-state index is 13.0. The first kappa shape index (κ1) is 23.7. The number of rotatable bonds is 7. The molecule has 0 amide bonds. The number of nitrogens with zero attached hydrogens (tertiary/aromatic N) is 2. The number of ketones is 1. The maximum Gasteiger partial charge on any atom is 0.243 e. The highest BCUT2D eigenvalue weighted by Crippen LogP contribution is 2.30. The summed E-state index contributed by atoms with van der Waals surface area (Å²) < 4.78 is 28.8. The first-order valence-electron chi connectivity index (χ1n) is 11.7. The standard InChI is InChI=1S/C27H27N3O3S2/c1-19-13-15-30(16-14-19)35(32,33)23-6-4-5-21(17-23)25(31)18-28-22-11-9-20(10-12-22)27-29-24-7-2-3-8-26(24)34-27/h2-12,17,19,28H,13-16,18H2,1H3. The fraction of sp³-hybridized carbons (Fsp3) is 0.259. The van der Waals surface area contributed by atoms with Crippen molar-refractivity contribution in [1.29, 1.82) is 0 Å². The van der Waals surface area contributed by atoms with Gasteiger partial charge in [0.1, 0.15) is 5.01 Å². The number of carbonyl (C=O) groups is 1. The molecule has 8 heteroatoms. The van der Waals surface area contributed by atoms with Crippen LogP contribution in [0, 0.1) is 5.92 Å². The number of hydrogen-bond acceptors (Lipinski definition) is 6. The number of piperidine rings is 1. The molecule has 5 rings (SSSR count). The number of para-hydroxylation sites is 1. The second-order valence-electron chi connectivity index (χ2n) is 8.96. The largest absolute Gasteiger partial charge is 0.378 e. The van der Waals surface area contributed by atoms with E-state index >= 15 is 0 Å². The van der Waals surface area contributed by atoms with Gasteiger partial charge in [-0.3, -0.25) is 4.79 Å². The Bertz CT molecular complexity index is 1420. The molecule has 1 aliphatic heterocycles. The van der Waals surface area contributed by atoms with Gasteiger partial charge in [-0.25, -0.2) is 13.4 Å². The van der Waals surface area contributed by atoms with E-state index in [1.807, 2.05) is 42.5 Å². The Morgan fingerprint density at radius 1 is 1.03 bits per heavy atom. The van der Waals surface area contributed by atoms with Crippen molar-refractivity contribution in [1.82, 2.24) is 9.29 Å². The number of thiazole rings is 1. The van der Waals surface area contributed by atoms with Crippen LogP contribution in [-0.2, 0) is 10.0 Å². The van der Waals surface area contributed by atoms with Crippen molar-refractivity contribution in [3.05, 3.63) is 78.4 Å². The fourth-order valence-electron chi connectivity index (χ4n) is 4.22. The van der Waals surface area contributed by atoms with Crippen LogP contribution in [0.3, 0.4) is 0 Å². The van der Waals surface area contributed by atoms with Crippen LogP contribution in [0.4, 0.5) is 5.69 Å². The van der Waals surface area contributed by atoms with Crippen LogP contribution in [-0.4, -0.2) is 43.1 Å². The molecule has 1 aromatic heterocycles. The number of nitrogens with one attached hydrogen (secondary N) is 1.